The Balaban J connectivity index is 1.38. The summed E-state index contributed by atoms with van der Waals surface area (Å²) in [5.41, 5.74) is 2.50. The maximum Gasteiger partial charge on any atom is 0.135 e. The first-order valence-corrected chi connectivity index (χ1v) is 12.8. The highest BCUT2D eigenvalue weighted by atomic mass is 32.1. The van der Waals surface area contributed by atoms with Crippen molar-refractivity contribution < 1.29 is 4.74 Å². The van der Waals surface area contributed by atoms with Crippen molar-refractivity contribution in [2.24, 2.45) is 0 Å². The van der Waals surface area contributed by atoms with Gasteiger partial charge in [-0.05, 0) is 42.3 Å². The minimum atomic E-state index is 0.588. The highest BCUT2D eigenvalue weighted by Crippen LogP contribution is 2.28. The van der Waals surface area contributed by atoms with Crippen LogP contribution in [0, 0.1) is 11.3 Å². The summed E-state index contributed by atoms with van der Waals surface area (Å²) in [4.78, 5) is 4.59. The molecule has 1 heterocycles. The molecule has 0 fully saturated rings. The van der Waals surface area contributed by atoms with Crippen molar-refractivity contribution in [2.75, 3.05) is 6.61 Å². The second kappa shape index (κ2) is 13.7. The van der Waals surface area contributed by atoms with E-state index in [9.17, 15) is 5.26 Å². The van der Waals surface area contributed by atoms with Crippen molar-refractivity contribution in [3.8, 4) is 11.8 Å². The maximum absolute atomic E-state index is 9.61. The van der Waals surface area contributed by atoms with E-state index in [1.165, 1.54) is 57.8 Å². The zero-order valence-electron chi connectivity index (χ0n) is 19.2. The van der Waals surface area contributed by atoms with Gasteiger partial charge in [0.2, 0.25) is 0 Å². The van der Waals surface area contributed by atoms with Gasteiger partial charge in [-0.3, -0.25) is 0 Å². The highest BCUT2D eigenvalue weighted by Gasteiger charge is 2.08. The van der Waals surface area contributed by atoms with Crippen LogP contribution >= 0.6 is 11.3 Å². The molecule has 168 valence electrons. The summed E-state index contributed by atoms with van der Waals surface area (Å²) in [6.07, 6.45) is 15.2. The number of nitrogens with zero attached hydrogens (tertiary/aromatic N) is 2. The minimum absolute atomic E-state index is 0.588. The Morgan fingerprint density at radius 3 is 2.22 bits per heavy atom. The largest absolute Gasteiger partial charge is 0.494 e. The fourth-order valence-corrected chi connectivity index (χ4v) is 4.67. The number of thiazole rings is 1. The van der Waals surface area contributed by atoms with Gasteiger partial charge in [0.1, 0.15) is 16.8 Å². The Kier molecular flexibility index (Phi) is 10.3. The van der Waals surface area contributed by atoms with Crippen LogP contribution in [0.2, 0.25) is 0 Å². The van der Waals surface area contributed by atoms with E-state index in [0.717, 1.165) is 39.6 Å². The van der Waals surface area contributed by atoms with Crippen LogP contribution in [0.15, 0.2) is 48.5 Å². The lowest BCUT2D eigenvalue weighted by atomic mass is 10.1. The van der Waals surface area contributed by atoms with E-state index in [0.29, 0.717) is 5.57 Å². The number of ether oxygens (including phenoxy) is 1. The van der Waals surface area contributed by atoms with Gasteiger partial charge in [-0.2, -0.15) is 5.26 Å². The molecule has 0 saturated carbocycles. The van der Waals surface area contributed by atoms with Crippen molar-refractivity contribution >= 4 is 33.2 Å². The zero-order valence-corrected chi connectivity index (χ0v) is 20.0. The number of rotatable bonds is 14. The lowest BCUT2D eigenvalue weighted by Crippen LogP contribution is -1.97. The second-order valence-electron chi connectivity index (χ2n) is 8.26. The van der Waals surface area contributed by atoms with E-state index in [2.05, 4.69) is 18.0 Å². The molecule has 32 heavy (non-hydrogen) atoms. The highest BCUT2D eigenvalue weighted by molar-refractivity contribution is 7.19. The number of nitriles is 1. The molecule has 1 aromatic heterocycles. The molecule has 0 aliphatic carbocycles. The monoisotopic (exact) mass is 446 g/mol. The van der Waals surface area contributed by atoms with Crippen LogP contribution < -0.4 is 4.74 Å². The van der Waals surface area contributed by atoms with Crippen molar-refractivity contribution in [1.29, 1.82) is 5.26 Å². The maximum atomic E-state index is 9.61. The van der Waals surface area contributed by atoms with Crippen LogP contribution in [0.4, 0.5) is 0 Å². The van der Waals surface area contributed by atoms with E-state index in [1.54, 1.807) is 11.3 Å². The molecule has 0 unspecified atom stereocenters. The zero-order chi connectivity index (χ0) is 22.4. The molecule has 0 aliphatic heterocycles. The summed E-state index contributed by atoms with van der Waals surface area (Å²) >= 11 is 1.55. The van der Waals surface area contributed by atoms with Crippen LogP contribution in [0.1, 0.15) is 81.7 Å². The minimum Gasteiger partial charge on any atom is -0.494 e. The fraction of sp³-hybridized carbons (Fsp3) is 0.429. The Morgan fingerprint density at radius 1 is 0.906 bits per heavy atom. The lowest BCUT2D eigenvalue weighted by Gasteiger charge is -2.07. The molecule has 0 N–H and O–H groups in total. The number of hydrogen-bond donors (Lipinski definition) is 0. The molecule has 0 atom stereocenters. The molecule has 4 heteroatoms. The molecular formula is C28H34N2OS. The van der Waals surface area contributed by atoms with Gasteiger partial charge in [0.25, 0.3) is 0 Å². The van der Waals surface area contributed by atoms with Gasteiger partial charge in [-0.1, -0.05) is 89.0 Å². The van der Waals surface area contributed by atoms with Gasteiger partial charge in [0, 0.05) is 0 Å². The van der Waals surface area contributed by atoms with E-state index in [-0.39, 0.29) is 0 Å². The topological polar surface area (TPSA) is 45.9 Å². The number of unbranched alkanes of at least 4 members (excludes halogenated alkanes) is 9. The Labute approximate surface area is 196 Å². The Morgan fingerprint density at radius 2 is 1.56 bits per heavy atom. The fourth-order valence-electron chi connectivity index (χ4n) is 3.74. The summed E-state index contributed by atoms with van der Waals surface area (Å²) in [5.74, 6) is 0.886. The standard InChI is InChI=1S/C28H34N2OS/c1-2-3-4-5-6-7-8-9-10-13-20-31-25-18-16-23(17-19-25)21-24(22-29)28-30-26-14-11-12-15-27(26)32-28/h11-12,14-19,21H,2-10,13,20H2,1H3. The summed E-state index contributed by atoms with van der Waals surface area (Å²) in [6, 6.07) is 18.2. The first-order valence-electron chi connectivity index (χ1n) is 12.0. The molecule has 2 aromatic carbocycles. The van der Waals surface area contributed by atoms with Crippen molar-refractivity contribution in [1.82, 2.24) is 4.98 Å². The van der Waals surface area contributed by atoms with Crippen molar-refractivity contribution in [3.63, 3.8) is 0 Å². The summed E-state index contributed by atoms with van der Waals surface area (Å²) in [7, 11) is 0. The SMILES string of the molecule is CCCCCCCCCCCCOc1ccc(C=C(C#N)c2nc3ccccc3s2)cc1. The number of fused-ring (bicyclic) bond motifs is 1. The molecule has 3 rings (SSSR count). The molecule has 0 bridgehead atoms. The van der Waals surface area contributed by atoms with E-state index < -0.39 is 0 Å². The molecule has 0 amide bonds. The molecule has 0 saturated heterocycles. The van der Waals surface area contributed by atoms with Gasteiger partial charge in [-0.25, -0.2) is 4.98 Å². The number of para-hydroxylation sites is 1. The molecule has 0 spiro atoms. The second-order valence-corrected chi connectivity index (χ2v) is 9.29. The van der Waals surface area contributed by atoms with Crippen LogP contribution in [0.3, 0.4) is 0 Å². The first kappa shape index (κ1) is 24.0. The number of hydrogen-bond acceptors (Lipinski definition) is 4. The normalized spacial score (nSPS) is 11.6. The predicted octanol–water partition coefficient (Wildman–Crippen LogP) is 8.66. The van der Waals surface area contributed by atoms with Crippen LogP contribution in [-0.2, 0) is 0 Å². The summed E-state index contributed by atoms with van der Waals surface area (Å²) in [6.45, 7) is 3.03. The molecule has 3 aromatic rings. The number of allylic oxidation sites excluding steroid dienone is 1. The number of aromatic nitrogens is 1. The van der Waals surface area contributed by atoms with Gasteiger partial charge in [0.15, 0.2) is 0 Å². The van der Waals surface area contributed by atoms with E-state index >= 15 is 0 Å². The van der Waals surface area contributed by atoms with Crippen LogP contribution in [-0.4, -0.2) is 11.6 Å². The van der Waals surface area contributed by atoms with Gasteiger partial charge in [-0.15, -0.1) is 11.3 Å². The third kappa shape index (κ3) is 7.80. The van der Waals surface area contributed by atoms with Crippen LogP contribution in [0.5, 0.6) is 5.75 Å². The van der Waals surface area contributed by atoms with Crippen LogP contribution in [0.25, 0.3) is 21.9 Å². The van der Waals surface area contributed by atoms with E-state index in [4.69, 9.17) is 4.74 Å². The lowest BCUT2D eigenvalue weighted by molar-refractivity contribution is 0.304. The third-order valence-electron chi connectivity index (χ3n) is 5.60. The average molecular weight is 447 g/mol. The molecular weight excluding hydrogens is 412 g/mol. The first-order chi connectivity index (χ1) is 15.8. The summed E-state index contributed by atoms with van der Waals surface area (Å²) < 4.78 is 6.99. The molecule has 0 aliphatic rings. The predicted molar refractivity (Wildman–Crippen MR) is 137 cm³/mol. The van der Waals surface area contributed by atoms with Crippen molar-refractivity contribution in [3.05, 3.63) is 59.1 Å². The van der Waals surface area contributed by atoms with E-state index in [1.807, 2.05) is 54.6 Å². The third-order valence-corrected chi connectivity index (χ3v) is 6.67. The summed E-state index contributed by atoms with van der Waals surface area (Å²) in [5, 5.41) is 10.4. The number of benzene rings is 2. The molecule has 0 radical (unpaired) electrons. The van der Waals surface area contributed by atoms with Gasteiger partial charge >= 0.3 is 0 Å². The Hall–Kier alpha value is -2.64. The van der Waals surface area contributed by atoms with Crippen molar-refractivity contribution in [2.45, 2.75) is 71.1 Å². The molecule has 3 nitrogen and oxygen atoms in total. The van der Waals surface area contributed by atoms with Gasteiger partial charge < -0.3 is 4.74 Å². The quantitative estimate of drug-likeness (QED) is 0.184. The smallest absolute Gasteiger partial charge is 0.135 e. The Bertz CT molecular complexity index is 981. The van der Waals surface area contributed by atoms with Gasteiger partial charge in [0.05, 0.1) is 22.4 Å². The average Bonchev–Trinajstić information content (AvgIpc) is 3.26.